The maximum Gasteiger partial charge on any atom is 0.254 e. The molecule has 1 aliphatic heterocycles. The summed E-state index contributed by atoms with van der Waals surface area (Å²) in [5, 5.41) is 0. The number of nitrogens with two attached hydrogens (primary N) is 1. The Hall–Kier alpha value is -1.69. The highest BCUT2D eigenvalue weighted by Crippen LogP contribution is 2.27. The van der Waals surface area contributed by atoms with E-state index in [1.54, 1.807) is 4.90 Å². The number of rotatable bonds is 2. The Morgan fingerprint density at radius 1 is 1.10 bits per heavy atom. The van der Waals surface area contributed by atoms with Crippen molar-refractivity contribution in [3.63, 3.8) is 0 Å². The van der Waals surface area contributed by atoms with Crippen molar-refractivity contribution >= 4 is 11.6 Å². The van der Waals surface area contributed by atoms with Gasteiger partial charge in [0.1, 0.15) is 17.3 Å². The van der Waals surface area contributed by atoms with Crippen molar-refractivity contribution in [3.05, 3.63) is 29.3 Å². The molecule has 0 spiro atoms. The molecule has 2 N–H and O–H groups in total. The third-order valence-corrected chi connectivity index (χ3v) is 3.99. The molecule has 2 aliphatic rings. The van der Waals surface area contributed by atoms with E-state index in [0.29, 0.717) is 19.1 Å². The van der Waals surface area contributed by atoms with Gasteiger partial charge in [-0.1, -0.05) is 0 Å². The maximum atomic E-state index is 13.4. The van der Waals surface area contributed by atoms with Crippen molar-refractivity contribution in [2.75, 3.05) is 31.9 Å². The average molecular weight is 281 g/mol. The van der Waals surface area contributed by atoms with Gasteiger partial charge in [-0.2, -0.15) is 0 Å². The average Bonchev–Trinajstić information content (AvgIpc) is 3.28. The highest BCUT2D eigenvalue weighted by Gasteiger charge is 2.32. The predicted molar refractivity (Wildman–Crippen MR) is 71.3 cm³/mol. The number of carbonyl (C=O) groups excluding carboxylic acids is 1. The molecule has 1 aromatic rings. The summed E-state index contributed by atoms with van der Waals surface area (Å²) in [4.78, 5) is 16.3. The Morgan fingerprint density at radius 3 is 2.15 bits per heavy atom. The fraction of sp³-hybridized carbons (Fsp3) is 0.500. The van der Waals surface area contributed by atoms with Gasteiger partial charge in [0.05, 0.1) is 0 Å². The number of anilines is 1. The molecule has 0 unspecified atom stereocenters. The van der Waals surface area contributed by atoms with E-state index in [2.05, 4.69) is 4.90 Å². The number of nitrogens with zero attached hydrogens (tertiary/aromatic N) is 2. The lowest BCUT2D eigenvalue weighted by molar-refractivity contribution is 0.0626. The summed E-state index contributed by atoms with van der Waals surface area (Å²) < 4.78 is 26.8. The summed E-state index contributed by atoms with van der Waals surface area (Å²) >= 11 is 0. The van der Waals surface area contributed by atoms with E-state index in [1.165, 1.54) is 12.8 Å². The molecule has 1 saturated heterocycles. The van der Waals surface area contributed by atoms with Crippen molar-refractivity contribution in [3.8, 4) is 0 Å². The van der Waals surface area contributed by atoms with Crippen molar-refractivity contribution in [2.45, 2.75) is 18.9 Å². The van der Waals surface area contributed by atoms with Crippen LogP contribution in [-0.4, -0.2) is 47.9 Å². The van der Waals surface area contributed by atoms with Crippen LogP contribution in [0.3, 0.4) is 0 Å². The highest BCUT2D eigenvalue weighted by atomic mass is 19.1. The Kier molecular flexibility index (Phi) is 3.33. The minimum absolute atomic E-state index is 0.0223. The molecule has 3 rings (SSSR count). The highest BCUT2D eigenvalue weighted by molar-refractivity contribution is 5.94. The van der Waals surface area contributed by atoms with Crippen LogP contribution in [0.15, 0.2) is 12.1 Å². The number of halogens is 2. The van der Waals surface area contributed by atoms with Crippen LogP contribution in [-0.2, 0) is 0 Å². The molecule has 6 heteroatoms. The van der Waals surface area contributed by atoms with E-state index >= 15 is 0 Å². The van der Waals surface area contributed by atoms with Crippen molar-refractivity contribution < 1.29 is 13.6 Å². The number of nitrogen functional groups attached to an aromatic ring is 1. The first kappa shape index (κ1) is 13.3. The van der Waals surface area contributed by atoms with Crippen LogP contribution in [0.1, 0.15) is 23.2 Å². The molecule has 0 aromatic heterocycles. The first-order chi connectivity index (χ1) is 9.56. The topological polar surface area (TPSA) is 49.6 Å². The molecule has 1 amide bonds. The summed E-state index contributed by atoms with van der Waals surface area (Å²) in [6.07, 6.45) is 2.48. The molecule has 4 nitrogen and oxygen atoms in total. The Labute approximate surface area is 116 Å². The molecule has 108 valence electrons. The van der Waals surface area contributed by atoms with Crippen LogP contribution in [0.5, 0.6) is 0 Å². The van der Waals surface area contributed by atoms with Crippen LogP contribution < -0.4 is 5.73 Å². The van der Waals surface area contributed by atoms with Gasteiger partial charge in [-0.3, -0.25) is 9.69 Å². The fourth-order valence-corrected chi connectivity index (χ4v) is 2.62. The minimum atomic E-state index is -0.884. The number of benzene rings is 1. The molecule has 20 heavy (non-hydrogen) atoms. The van der Waals surface area contributed by atoms with Gasteiger partial charge in [-0.15, -0.1) is 0 Å². The minimum Gasteiger partial charge on any atom is -0.394 e. The number of amides is 1. The molecule has 1 heterocycles. The molecule has 0 atom stereocenters. The zero-order chi connectivity index (χ0) is 14.3. The lowest BCUT2D eigenvalue weighted by Gasteiger charge is -2.34. The van der Waals surface area contributed by atoms with Gasteiger partial charge in [0.25, 0.3) is 5.91 Å². The second-order valence-corrected chi connectivity index (χ2v) is 5.41. The number of carbonyl (C=O) groups is 1. The van der Waals surface area contributed by atoms with Crippen LogP contribution >= 0.6 is 0 Å². The summed E-state index contributed by atoms with van der Waals surface area (Å²) in [6.45, 7) is 2.86. The summed E-state index contributed by atoms with van der Waals surface area (Å²) in [5.74, 6) is -2.10. The Morgan fingerprint density at radius 2 is 1.65 bits per heavy atom. The van der Waals surface area contributed by atoms with E-state index in [4.69, 9.17) is 5.73 Å². The summed E-state index contributed by atoms with van der Waals surface area (Å²) in [6, 6.07) is 2.70. The molecular weight excluding hydrogens is 264 g/mol. The van der Waals surface area contributed by atoms with E-state index < -0.39 is 17.3 Å². The van der Waals surface area contributed by atoms with Crippen LogP contribution in [0.4, 0.5) is 14.5 Å². The molecule has 1 saturated carbocycles. The SMILES string of the molecule is Nc1c(F)cc(C(=O)N2CCN(C3CC3)CC2)cc1F. The van der Waals surface area contributed by atoms with Gasteiger partial charge in [0, 0.05) is 37.8 Å². The molecular formula is C14H17F2N3O. The molecule has 1 aliphatic carbocycles. The third kappa shape index (κ3) is 2.47. The Balaban J connectivity index is 1.70. The number of hydrogen-bond acceptors (Lipinski definition) is 3. The Bertz CT molecular complexity index is 514. The van der Waals surface area contributed by atoms with Crippen LogP contribution in [0, 0.1) is 11.6 Å². The second-order valence-electron chi connectivity index (χ2n) is 5.41. The summed E-state index contributed by atoms with van der Waals surface area (Å²) in [7, 11) is 0. The third-order valence-electron chi connectivity index (χ3n) is 3.99. The van der Waals surface area contributed by atoms with Gasteiger partial charge in [-0.25, -0.2) is 8.78 Å². The quantitative estimate of drug-likeness (QED) is 0.835. The predicted octanol–water partition coefficient (Wildman–Crippen LogP) is 1.47. The zero-order valence-corrected chi connectivity index (χ0v) is 11.1. The maximum absolute atomic E-state index is 13.4. The van der Waals surface area contributed by atoms with Gasteiger partial charge in [-0.05, 0) is 25.0 Å². The van der Waals surface area contributed by atoms with Crippen molar-refractivity contribution in [1.82, 2.24) is 9.80 Å². The molecule has 1 aromatic carbocycles. The van der Waals surface area contributed by atoms with Crippen molar-refractivity contribution in [2.24, 2.45) is 0 Å². The van der Waals surface area contributed by atoms with Gasteiger partial charge >= 0.3 is 0 Å². The van der Waals surface area contributed by atoms with Gasteiger partial charge < -0.3 is 10.6 Å². The lowest BCUT2D eigenvalue weighted by Crippen LogP contribution is -2.49. The van der Waals surface area contributed by atoms with E-state index in [1.807, 2.05) is 0 Å². The van der Waals surface area contributed by atoms with E-state index in [9.17, 15) is 13.6 Å². The first-order valence-corrected chi connectivity index (χ1v) is 6.84. The monoisotopic (exact) mass is 281 g/mol. The van der Waals surface area contributed by atoms with Crippen LogP contribution in [0.25, 0.3) is 0 Å². The molecule has 0 bridgehead atoms. The number of piperazine rings is 1. The van der Waals surface area contributed by atoms with Gasteiger partial charge in [0.15, 0.2) is 0 Å². The normalized spacial score (nSPS) is 20.2. The first-order valence-electron chi connectivity index (χ1n) is 6.84. The lowest BCUT2D eigenvalue weighted by atomic mass is 10.1. The smallest absolute Gasteiger partial charge is 0.254 e. The van der Waals surface area contributed by atoms with Gasteiger partial charge in [0.2, 0.25) is 0 Å². The second kappa shape index (κ2) is 5.01. The van der Waals surface area contributed by atoms with E-state index in [0.717, 1.165) is 25.2 Å². The van der Waals surface area contributed by atoms with Crippen LogP contribution in [0.2, 0.25) is 0 Å². The van der Waals surface area contributed by atoms with Crippen molar-refractivity contribution in [1.29, 1.82) is 0 Å². The number of hydrogen-bond donors (Lipinski definition) is 1. The standard InChI is InChI=1S/C14H17F2N3O/c15-11-7-9(8-12(16)13(11)17)14(20)19-5-3-18(4-6-19)10-1-2-10/h7-8,10H,1-6,17H2. The summed E-state index contributed by atoms with van der Waals surface area (Å²) in [5.41, 5.74) is 4.69. The fourth-order valence-electron chi connectivity index (χ4n) is 2.62. The molecule has 0 radical (unpaired) electrons. The largest absolute Gasteiger partial charge is 0.394 e. The molecule has 2 fully saturated rings. The van der Waals surface area contributed by atoms with E-state index in [-0.39, 0.29) is 11.5 Å². The zero-order valence-electron chi connectivity index (χ0n) is 11.1.